The molecule has 1 aromatic carbocycles. The van der Waals surface area contributed by atoms with E-state index in [0.717, 1.165) is 13.1 Å². The Morgan fingerprint density at radius 2 is 1.71 bits per heavy atom. The molecule has 1 rings (SSSR count). The van der Waals surface area contributed by atoms with Crippen LogP contribution >= 0.6 is 0 Å². The summed E-state index contributed by atoms with van der Waals surface area (Å²) >= 11 is 0. The van der Waals surface area contributed by atoms with Crippen LogP contribution in [0.1, 0.15) is 71.9 Å². The van der Waals surface area contributed by atoms with Crippen molar-refractivity contribution in [1.29, 1.82) is 0 Å². The monoisotopic (exact) mass is 290 g/mol. The fourth-order valence-corrected chi connectivity index (χ4v) is 2.78. The van der Waals surface area contributed by atoms with Gasteiger partial charge in [0.1, 0.15) is 0 Å². The Morgan fingerprint density at radius 3 is 2.33 bits per heavy atom. The van der Waals surface area contributed by atoms with E-state index in [0.29, 0.717) is 12.1 Å². The molecule has 0 amide bonds. The maximum absolute atomic E-state index is 3.62. The van der Waals surface area contributed by atoms with Crippen LogP contribution in [0.25, 0.3) is 0 Å². The molecule has 1 atom stereocenters. The maximum Gasteiger partial charge on any atom is 0.0416 e. The molecule has 0 aliphatic carbocycles. The van der Waals surface area contributed by atoms with E-state index < -0.39 is 0 Å². The Labute approximate surface area is 131 Å². The van der Waals surface area contributed by atoms with Crippen molar-refractivity contribution in [2.45, 2.75) is 72.4 Å². The maximum atomic E-state index is 3.62. The lowest BCUT2D eigenvalue weighted by Gasteiger charge is -2.32. The summed E-state index contributed by atoms with van der Waals surface area (Å²) in [6, 6.07) is 9.84. The van der Waals surface area contributed by atoms with E-state index in [1.54, 1.807) is 0 Å². The summed E-state index contributed by atoms with van der Waals surface area (Å²) in [6.07, 6.45) is 5.05. The van der Waals surface area contributed by atoms with Crippen LogP contribution in [-0.2, 0) is 0 Å². The second kappa shape index (κ2) is 9.83. The first-order chi connectivity index (χ1) is 10.1. The Morgan fingerprint density at radius 1 is 1.00 bits per heavy atom. The smallest absolute Gasteiger partial charge is 0.0416 e. The zero-order chi connectivity index (χ0) is 15.7. The largest absolute Gasteiger partial charge is 0.369 e. The summed E-state index contributed by atoms with van der Waals surface area (Å²) in [5.74, 6) is 0. The summed E-state index contributed by atoms with van der Waals surface area (Å²) in [4.78, 5) is 2.56. The molecule has 120 valence electrons. The van der Waals surface area contributed by atoms with Gasteiger partial charge in [0.05, 0.1) is 0 Å². The quantitative estimate of drug-likeness (QED) is 0.599. The van der Waals surface area contributed by atoms with Gasteiger partial charge < -0.3 is 10.2 Å². The topological polar surface area (TPSA) is 15.3 Å². The lowest BCUT2D eigenvalue weighted by molar-refractivity contribution is 0.563. The Bertz CT molecular complexity index is 387. The highest BCUT2D eigenvalue weighted by Gasteiger charge is 2.16. The molecule has 0 heterocycles. The van der Waals surface area contributed by atoms with Crippen LogP contribution in [0.5, 0.6) is 0 Å². The Hall–Kier alpha value is -1.02. The van der Waals surface area contributed by atoms with Crippen molar-refractivity contribution in [3.05, 3.63) is 29.8 Å². The molecular weight excluding hydrogens is 256 g/mol. The highest BCUT2D eigenvalue weighted by atomic mass is 15.2. The van der Waals surface area contributed by atoms with Crippen molar-refractivity contribution in [2.24, 2.45) is 0 Å². The molecule has 21 heavy (non-hydrogen) atoms. The van der Waals surface area contributed by atoms with Crippen LogP contribution in [0, 0.1) is 0 Å². The van der Waals surface area contributed by atoms with Crippen LogP contribution < -0.4 is 10.2 Å². The molecule has 1 N–H and O–H groups in total. The number of nitrogens with one attached hydrogen (secondary N) is 1. The Kier molecular flexibility index (Phi) is 8.44. The number of hydrogen-bond acceptors (Lipinski definition) is 2. The van der Waals surface area contributed by atoms with Crippen molar-refractivity contribution < 1.29 is 0 Å². The summed E-state index contributed by atoms with van der Waals surface area (Å²) in [7, 11) is 0. The number of rotatable bonds is 10. The van der Waals surface area contributed by atoms with Gasteiger partial charge in [-0.3, -0.25) is 0 Å². The van der Waals surface area contributed by atoms with E-state index in [4.69, 9.17) is 0 Å². The molecular formula is C19H34N2. The van der Waals surface area contributed by atoms with Gasteiger partial charge >= 0.3 is 0 Å². The molecule has 0 fully saturated rings. The van der Waals surface area contributed by atoms with Gasteiger partial charge in [-0.05, 0) is 51.8 Å². The van der Waals surface area contributed by atoms with Gasteiger partial charge in [-0.15, -0.1) is 0 Å². The zero-order valence-corrected chi connectivity index (χ0v) is 14.7. The van der Waals surface area contributed by atoms with Gasteiger partial charge in [-0.25, -0.2) is 0 Å². The second-order valence-corrected chi connectivity index (χ2v) is 6.23. The van der Waals surface area contributed by atoms with Crippen LogP contribution in [0.3, 0.4) is 0 Å². The fraction of sp³-hybridized carbons (Fsp3) is 0.684. The van der Waals surface area contributed by atoms with Crippen LogP contribution in [0.4, 0.5) is 5.69 Å². The molecule has 1 unspecified atom stereocenters. The summed E-state index contributed by atoms with van der Waals surface area (Å²) in [5, 5.41) is 3.62. The van der Waals surface area contributed by atoms with Gasteiger partial charge in [-0.1, -0.05) is 44.9 Å². The van der Waals surface area contributed by atoms with Gasteiger partial charge in [0.15, 0.2) is 0 Å². The van der Waals surface area contributed by atoms with Crippen LogP contribution in [0.15, 0.2) is 24.3 Å². The van der Waals surface area contributed by atoms with Crippen molar-refractivity contribution in [3.8, 4) is 0 Å². The SMILES string of the molecule is CCCCCN(c1ccccc1C(C)NCCC)C(C)C. The minimum Gasteiger partial charge on any atom is -0.369 e. The number of benzene rings is 1. The average Bonchev–Trinajstić information content (AvgIpc) is 2.49. The third-order valence-electron chi connectivity index (χ3n) is 4.04. The Balaban J connectivity index is 2.91. The van der Waals surface area contributed by atoms with Gasteiger partial charge in [0.25, 0.3) is 0 Å². The molecule has 0 radical (unpaired) electrons. The first-order valence-electron chi connectivity index (χ1n) is 8.70. The zero-order valence-electron chi connectivity index (χ0n) is 14.7. The van der Waals surface area contributed by atoms with E-state index in [-0.39, 0.29) is 0 Å². The third-order valence-corrected chi connectivity index (χ3v) is 4.04. The molecule has 0 bridgehead atoms. The number of hydrogen-bond donors (Lipinski definition) is 1. The molecule has 0 saturated heterocycles. The summed E-state index contributed by atoms with van der Waals surface area (Å²) in [6.45, 7) is 13.6. The van der Waals surface area contributed by atoms with E-state index in [2.05, 4.69) is 69.1 Å². The van der Waals surface area contributed by atoms with E-state index in [9.17, 15) is 0 Å². The number of nitrogens with zero attached hydrogens (tertiary/aromatic N) is 1. The summed E-state index contributed by atoms with van der Waals surface area (Å²) in [5.41, 5.74) is 2.83. The predicted molar refractivity (Wildman–Crippen MR) is 95.2 cm³/mol. The van der Waals surface area contributed by atoms with Crippen LogP contribution in [0.2, 0.25) is 0 Å². The van der Waals surface area contributed by atoms with Gasteiger partial charge in [0, 0.05) is 24.3 Å². The molecule has 2 heteroatoms. The summed E-state index contributed by atoms with van der Waals surface area (Å²) < 4.78 is 0. The highest BCUT2D eigenvalue weighted by molar-refractivity contribution is 5.55. The minimum atomic E-state index is 0.411. The molecule has 0 aliphatic rings. The van der Waals surface area contributed by atoms with Crippen molar-refractivity contribution in [2.75, 3.05) is 18.0 Å². The van der Waals surface area contributed by atoms with E-state index in [1.807, 2.05) is 0 Å². The predicted octanol–water partition coefficient (Wildman–Crippen LogP) is 5.15. The molecule has 0 aromatic heterocycles. The lowest BCUT2D eigenvalue weighted by atomic mass is 10.0. The molecule has 2 nitrogen and oxygen atoms in total. The highest BCUT2D eigenvalue weighted by Crippen LogP contribution is 2.28. The van der Waals surface area contributed by atoms with Crippen molar-refractivity contribution in [1.82, 2.24) is 5.32 Å². The number of anilines is 1. The average molecular weight is 290 g/mol. The third kappa shape index (κ3) is 5.70. The lowest BCUT2D eigenvalue weighted by Crippen LogP contribution is -2.33. The standard InChI is InChI=1S/C19H34N2/c1-6-8-11-15-21(16(3)4)19-13-10-9-12-18(19)17(5)20-14-7-2/h9-10,12-13,16-17,20H,6-8,11,14-15H2,1-5H3. The molecule has 0 aliphatic heterocycles. The number of para-hydroxylation sites is 1. The molecule has 0 saturated carbocycles. The van der Waals surface area contributed by atoms with E-state index in [1.165, 1.54) is 36.9 Å². The van der Waals surface area contributed by atoms with Gasteiger partial charge in [0.2, 0.25) is 0 Å². The normalized spacial score (nSPS) is 12.7. The van der Waals surface area contributed by atoms with E-state index >= 15 is 0 Å². The van der Waals surface area contributed by atoms with Gasteiger partial charge in [-0.2, -0.15) is 0 Å². The minimum absolute atomic E-state index is 0.411. The van der Waals surface area contributed by atoms with Crippen LogP contribution in [-0.4, -0.2) is 19.1 Å². The first kappa shape index (κ1) is 18.0. The molecule has 1 aromatic rings. The second-order valence-electron chi connectivity index (χ2n) is 6.23. The number of unbranched alkanes of at least 4 members (excludes halogenated alkanes) is 2. The van der Waals surface area contributed by atoms with Crippen molar-refractivity contribution >= 4 is 5.69 Å². The first-order valence-corrected chi connectivity index (χ1v) is 8.70. The van der Waals surface area contributed by atoms with Crippen molar-refractivity contribution in [3.63, 3.8) is 0 Å². The fourth-order valence-electron chi connectivity index (χ4n) is 2.78. The molecule has 0 spiro atoms.